The fourth-order valence-corrected chi connectivity index (χ4v) is 6.69. The average molecular weight is 623 g/mol. The van der Waals surface area contributed by atoms with Gasteiger partial charge in [0.1, 0.15) is 0 Å². The van der Waals surface area contributed by atoms with Gasteiger partial charge in [-0.3, -0.25) is 9.59 Å². The second-order valence-electron chi connectivity index (χ2n) is 11.7. The molecule has 6 aromatic carbocycles. The lowest BCUT2D eigenvalue weighted by Gasteiger charge is -2.16. The number of benzene rings is 6. The Kier molecular flexibility index (Phi) is 6.41. The molecular weight excluding hydrogens is 597 g/mol. The molecule has 0 saturated carbocycles. The van der Waals surface area contributed by atoms with Crippen LogP contribution < -0.4 is 4.90 Å². The van der Waals surface area contributed by atoms with E-state index in [9.17, 15) is 22.8 Å². The van der Waals surface area contributed by atoms with Gasteiger partial charge in [0.25, 0.3) is 11.8 Å². The van der Waals surface area contributed by atoms with E-state index in [4.69, 9.17) is 0 Å². The Morgan fingerprint density at radius 1 is 0.553 bits per heavy atom. The van der Waals surface area contributed by atoms with Gasteiger partial charge < -0.3 is 4.57 Å². The van der Waals surface area contributed by atoms with Gasteiger partial charge in [0.15, 0.2) is 0 Å². The number of aryl methyl sites for hydroxylation is 1. The van der Waals surface area contributed by atoms with E-state index in [1.807, 2.05) is 77.4 Å². The van der Waals surface area contributed by atoms with E-state index in [0.29, 0.717) is 28.0 Å². The molecule has 0 N–H and O–H groups in total. The number of carbonyl (C=O) groups excluding carboxylic acids is 2. The molecule has 2 heterocycles. The second kappa shape index (κ2) is 10.6. The largest absolute Gasteiger partial charge is 0.417 e. The van der Waals surface area contributed by atoms with Crippen molar-refractivity contribution < 1.29 is 22.8 Å². The number of imide groups is 1. The van der Waals surface area contributed by atoms with Crippen molar-refractivity contribution in [1.82, 2.24) is 4.57 Å². The third-order valence-electron chi connectivity index (χ3n) is 8.81. The van der Waals surface area contributed by atoms with E-state index in [2.05, 4.69) is 0 Å². The van der Waals surface area contributed by atoms with Gasteiger partial charge in [0, 0.05) is 10.8 Å². The van der Waals surface area contributed by atoms with E-state index in [1.54, 1.807) is 55.5 Å². The number of nitrogens with zero attached hydrogens (tertiary/aromatic N) is 2. The predicted octanol–water partition coefficient (Wildman–Crippen LogP) is 10.2. The predicted molar refractivity (Wildman–Crippen MR) is 179 cm³/mol. The zero-order valence-corrected chi connectivity index (χ0v) is 25.0. The fraction of sp³-hybridized carbons (Fsp3) is 0.0500. The van der Waals surface area contributed by atoms with Crippen molar-refractivity contribution in [2.45, 2.75) is 13.1 Å². The first-order valence-electron chi connectivity index (χ1n) is 15.1. The van der Waals surface area contributed by atoms with Crippen molar-refractivity contribution in [3.05, 3.63) is 156 Å². The molecule has 1 aliphatic rings. The molecule has 4 nitrogen and oxygen atoms in total. The summed E-state index contributed by atoms with van der Waals surface area (Å²) in [6.45, 7) is 1.64. The van der Waals surface area contributed by atoms with E-state index in [0.717, 1.165) is 27.4 Å². The summed E-state index contributed by atoms with van der Waals surface area (Å²) in [6, 6.07) is 39.4. The van der Waals surface area contributed by atoms with Crippen LogP contribution in [-0.2, 0) is 6.18 Å². The Labute approximate surface area is 267 Å². The maximum Gasteiger partial charge on any atom is 0.417 e. The van der Waals surface area contributed by atoms with Crippen LogP contribution in [0.4, 0.5) is 18.9 Å². The van der Waals surface area contributed by atoms with Gasteiger partial charge in [-0.25, -0.2) is 4.90 Å². The van der Waals surface area contributed by atoms with Gasteiger partial charge >= 0.3 is 6.18 Å². The van der Waals surface area contributed by atoms with E-state index >= 15 is 0 Å². The van der Waals surface area contributed by atoms with Crippen LogP contribution in [0.2, 0.25) is 0 Å². The third-order valence-corrected chi connectivity index (χ3v) is 8.81. The van der Waals surface area contributed by atoms with Crippen molar-refractivity contribution >= 4 is 39.3 Å². The number of para-hydroxylation sites is 1. The molecule has 47 heavy (non-hydrogen) atoms. The molecule has 0 unspecified atom stereocenters. The van der Waals surface area contributed by atoms with Crippen LogP contribution in [0.1, 0.15) is 31.8 Å². The summed E-state index contributed by atoms with van der Waals surface area (Å²) in [5.41, 5.74) is 5.21. The summed E-state index contributed by atoms with van der Waals surface area (Å²) in [5, 5.41) is 1.54. The smallest absolute Gasteiger partial charge is 0.308 e. The van der Waals surface area contributed by atoms with Crippen molar-refractivity contribution in [2.75, 3.05) is 4.90 Å². The molecule has 0 atom stereocenters. The molecule has 1 aliphatic heterocycles. The van der Waals surface area contributed by atoms with Crippen LogP contribution >= 0.6 is 0 Å². The number of amides is 2. The zero-order chi connectivity index (χ0) is 32.4. The third kappa shape index (κ3) is 4.54. The van der Waals surface area contributed by atoms with Gasteiger partial charge in [-0.1, -0.05) is 90.5 Å². The number of aromatic nitrogens is 1. The summed E-state index contributed by atoms with van der Waals surface area (Å²) in [4.78, 5) is 29.3. The highest BCUT2D eigenvalue weighted by molar-refractivity contribution is 6.36. The lowest BCUT2D eigenvalue weighted by atomic mass is 9.96. The van der Waals surface area contributed by atoms with Crippen LogP contribution in [0.25, 0.3) is 49.7 Å². The number of fused-ring (bicyclic) bond motifs is 4. The quantitative estimate of drug-likeness (QED) is 0.183. The number of anilines is 1. The lowest BCUT2D eigenvalue weighted by molar-refractivity contribution is -0.137. The highest BCUT2D eigenvalue weighted by Gasteiger charge is 2.39. The van der Waals surface area contributed by atoms with Gasteiger partial charge in [-0.05, 0) is 77.7 Å². The van der Waals surface area contributed by atoms with Crippen molar-refractivity contribution in [1.29, 1.82) is 0 Å². The normalized spacial score (nSPS) is 13.1. The molecule has 0 bridgehead atoms. The molecule has 228 valence electrons. The van der Waals surface area contributed by atoms with Crippen LogP contribution in [-0.4, -0.2) is 16.4 Å². The van der Waals surface area contributed by atoms with Crippen LogP contribution in [0.3, 0.4) is 0 Å². The number of carbonyl (C=O) groups is 2. The van der Waals surface area contributed by atoms with Crippen molar-refractivity contribution in [2.24, 2.45) is 0 Å². The zero-order valence-electron chi connectivity index (χ0n) is 25.0. The summed E-state index contributed by atoms with van der Waals surface area (Å²) in [5.74, 6) is -0.859. The first kappa shape index (κ1) is 28.5. The molecule has 7 aromatic rings. The van der Waals surface area contributed by atoms with Gasteiger partial charge in [-0.15, -0.1) is 0 Å². The van der Waals surface area contributed by atoms with E-state index < -0.39 is 23.6 Å². The van der Waals surface area contributed by atoms with Crippen molar-refractivity contribution in [3.8, 4) is 27.9 Å². The molecule has 0 saturated heterocycles. The summed E-state index contributed by atoms with van der Waals surface area (Å²) < 4.78 is 44.2. The molecule has 8 rings (SSSR count). The molecule has 0 aliphatic carbocycles. The first-order valence-corrected chi connectivity index (χ1v) is 15.1. The summed E-state index contributed by atoms with van der Waals surface area (Å²) >= 11 is 0. The summed E-state index contributed by atoms with van der Waals surface area (Å²) in [6.07, 6.45) is -4.52. The molecule has 0 fully saturated rings. The lowest BCUT2D eigenvalue weighted by Crippen LogP contribution is -2.29. The van der Waals surface area contributed by atoms with Gasteiger partial charge in [0.05, 0.1) is 39.1 Å². The Hall–Kier alpha value is -5.95. The van der Waals surface area contributed by atoms with Crippen LogP contribution in [0, 0.1) is 6.92 Å². The average Bonchev–Trinajstić information content (AvgIpc) is 3.55. The number of halogens is 3. The Morgan fingerprint density at radius 3 is 2.09 bits per heavy atom. The molecule has 0 spiro atoms. The maximum absolute atomic E-state index is 14.2. The standard InChI is InChI=1S/C40H25F3N2O2/c1-24-17-19-29(33(21-24)40(41,42)43)27-18-20-35-32(23-27)30-13-5-6-15-34(30)45(35)36-16-8-14-31-37(36)39(47)44(38(31)46)28-12-7-11-26(22-28)25-9-3-2-4-10-25/h2-23H,1H3. The van der Waals surface area contributed by atoms with Crippen LogP contribution in [0.15, 0.2) is 133 Å². The minimum atomic E-state index is -4.52. The Balaban J connectivity index is 1.29. The maximum atomic E-state index is 14.2. The molecule has 0 radical (unpaired) electrons. The molecular formula is C40H25F3N2O2. The van der Waals surface area contributed by atoms with Crippen molar-refractivity contribution in [3.63, 3.8) is 0 Å². The topological polar surface area (TPSA) is 42.3 Å². The highest BCUT2D eigenvalue weighted by atomic mass is 19.4. The minimum Gasteiger partial charge on any atom is -0.308 e. The molecule has 1 aromatic heterocycles. The van der Waals surface area contributed by atoms with E-state index in [1.165, 1.54) is 17.0 Å². The monoisotopic (exact) mass is 622 g/mol. The number of hydrogen-bond acceptors (Lipinski definition) is 2. The Morgan fingerprint density at radius 2 is 1.28 bits per heavy atom. The SMILES string of the molecule is Cc1ccc(-c2ccc3c(c2)c2ccccc2n3-c2cccc3c2C(=O)N(c2cccc(-c4ccccc4)c2)C3=O)c(C(F)(F)F)c1. The van der Waals surface area contributed by atoms with Gasteiger partial charge in [0.2, 0.25) is 0 Å². The highest BCUT2D eigenvalue weighted by Crippen LogP contribution is 2.42. The number of hydrogen-bond donors (Lipinski definition) is 0. The molecule has 7 heteroatoms. The van der Waals surface area contributed by atoms with Gasteiger partial charge in [-0.2, -0.15) is 13.2 Å². The number of alkyl halides is 3. The minimum absolute atomic E-state index is 0.0941. The number of rotatable bonds is 4. The second-order valence-corrected chi connectivity index (χ2v) is 11.7. The van der Waals surface area contributed by atoms with Crippen LogP contribution in [0.5, 0.6) is 0 Å². The fourth-order valence-electron chi connectivity index (χ4n) is 6.69. The molecule has 2 amide bonds. The van der Waals surface area contributed by atoms with E-state index in [-0.39, 0.29) is 16.7 Å². The Bertz CT molecular complexity index is 2410. The summed E-state index contributed by atoms with van der Waals surface area (Å²) in [7, 11) is 0. The first-order chi connectivity index (χ1) is 22.7.